The molecular formula is C23H22F4N4O6. The lowest BCUT2D eigenvalue weighted by molar-refractivity contribution is -0.274. The predicted molar refractivity (Wildman–Crippen MR) is 117 cm³/mol. The fourth-order valence-electron chi connectivity index (χ4n) is 4.06. The molecule has 0 bridgehead atoms. The van der Waals surface area contributed by atoms with Crippen molar-refractivity contribution in [1.82, 2.24) is 19.9 Å². The first-order valence-corrected chi connectivity index (χ1v) is 10.9. The molecule has 1 aliphatic rings. The SMILES string of the molecule is CN(C(=O)c1cccc(OC(F)(F)F)c1)[C@@H]1OC(CO)[C@H](O)[C@H](n2cc(-c3cccc(F)c3)nn2)C1O. The van der Waals surface area contributed by atoms with Crippen molar-refractivity contribution in [3.8, 4) is 17.0 Å². The Morgan fingerprint density at radius 3 is 2.57 bits per heavy atom. The van der Waals surface area contributed by atoms with Gasteiger partial charge in [-0.3, -0.25) is 4.79 Å². The van der Waals surface area contributed by atoms with E-state index in [2.05, 4.69) is 15.0 Å². The smallest absolute Gasteiger partial charge is 0.406 e. The molecule has 0 radical (unpaired) electrons. The van der Waals surface area contributed by atoms with Crippen molar-refractivity contribution >= 4 is 5.91 Å². The lowest BCUT2D eigenvalue weighted by Gasteiger charge is -2.45. The molecule has 0 aliphatic carbocycles. The van der Waals surface area contributed by atoms with Gasteiger partial charge in [-0.25, -0.2) is 9.07 Å². The molecule has 5 atom stereocenters. The third-order valence-electron chi connectivity index (χ3n) is 5.82. The number of amides is 1. The van der Waals surface area contributed by atoms with Crippen LogP contribution in [0.15, 0.2) is 54.7 Å². The first-order chi connectivity index (χ1) is 17.5. The van der Waals surface area contributed by atoms with Crippen LogP contribution in [0.25, 0.3) is 11.3 Å². The molecule has 3 aromatic rings. The van der Waals surface area contributed by atoms with E-state index in [-0.39, 0.29) is 11.3 Å². The van der Waals surface area contributed by atoms with Gasteiger partial charge >= 0.3 is 6.36 Å². The topological polar surface area (TPSA) is 130 Å². The number of aromatic nitrogens is 3. The fourth-order valence-corrected chi connectivity index (χ4v) is 4.06. The van der Waals surface area contributed by atoms with Gasteiger partial charge in [0.05, 0.1) is 12.8 Å². The van der Waals surface area contributed by atoms with Crippen molar-refractivity contribution in [2.24, 2.45) is 0 Å². The molecular weight excluding hydrogens is 504 g/mol. The van der Waals surface area contributed by atoms with Gasteiger partial charge < -0.3 is 29.7 Å². The molecule has 14 heteroatoms. The van der Waals surface area contributed by atoms with Gasteiger partial charge in [-0.1, -0.05) is 23.4 Å². The third-order valence-corrected chi connectivity index (χ3v) is 5.82. The molecule has 0 saturated carbocycles. The largest absolute Gasteiger partial charge is 0.573 e. The van der Waals surface area contributed by atoms with E-state index in [1.54, 1.807) is 6.07 Å². The van der Waals surface area contributed by atoms with Crippen LogP contribution >= 0.6 is 0 Å². The maximum atomic E-state index is 13.6. The summed E-state index contributed by atoms with van der Waals surface area (Å²) in [4.78, 5) is 14.0. The summed E-state index contributed by atoms with van der Waals surface area (Å²) in [5.74, 6) is -1.96. The quantitative estimate of drug-likeness (QED) is 0.414. The summed E-state index contributed by atoms with van der Waals surface area (Å²) in [6, 6.07) is 8.57. The van der Waals surface area contributed by atoms with Gasteiger partial charge in [0.15, 0.2) is 6.23 Å². The normalized spacial score (nSPS) is 24.1. The number of rotatable bonds is 6. The second-order valence-corrected chi connectivity index (χ2v) is 8.31. The predicted octanol–water partition coefficient (Wildman–Crippen LogP) is 1.74. The monoisotopic (exact) mass is 526 g/mol. The summed E-state index contributed by atoms with van der Waals surface area (Å²) >= 11 is 0. The van der Waals surface area contributed by atoms with Crippen LogP contribution in [0.2, 0.25) is 0 Å². The molecule has 4 rings (SSSR count). The molecule has 198 valence electrons. The van der Waals surface area contributed by atoms with Crippen molar-refractivity contribution in [3.05, 3.63) is 66.1 Å². The first kappa shape index (κ1) is 26.5. The molecule has 1 aliphatic heterocycles. The van der Waals surface area contributed by atoms with Gasteiger partial charge in [-0.2, -0.15) is 0 Å². The van der Waals surface area contributed by atoms with Gasteiger partial charge in [-0.15, -0.1) is 18.3 Å². The van der Waals surface area contributed by atoms with E-state index >= 15 is 0 Å². The minimum absolute atomic E-state index is 0.197. The van der Waals surface area contributed by atoms with Crippen molar-refractivity contribution in [2.45, 2.75) is 36.9 Å². The van der Waals surface area contributed by atoms with E-state index in [1.165, 1.54) is 43.6 Å². The van der Waals surface area contributed by atoms with Crippen LogP contribution in [-0.4, -0.2) is 85.7 Å². The Kier molecular flexibility index (Phi) is 7.45. The first-order valence-electron chi connectivity index (χ1n) is 10.9. The summed E-state index contributed by atoms with van der Waals surface area (Å²) in [6.45, 7) is -0.691. The number of hydrogen-bond donors (Lipinski definition) is 3. The number of hydrogen-bond acceptors (Lipinski definition) is 8. The van der Waals surface area contributed by atoms with Gasteiger partial charge in [0, 0.05) is 18.2 Å². The van der Waals surface area contributed by atoms with Crippen LogP contribution in [-0.2, 0) is 4.74 Å². The van der Waals surface area contributed by atoms with Crippen LogP contribution in [0.4, 0.5) is 17.6 Å². The Labute approximate surface area is 207 Å². The Bertz CT molecular complexity index is 1260. The number of halogens is 4. The fraction of sp³-hybridized carbons (Fsp3) is 0.348. The maximum absolute atomic E-state index is 13.6. The van der Waals surface area contributed by atoms with Crippen molar-refractivity contribution in [3.63, 3.8) is 0 Å². The van der Waals surface area contributed by atoms with Gasteiger partial charge in [0.25, 0.3) is 5.91 Å². The maximum Gasteiger partial charge on any atom is 0.573 e. The molecule has 37 heavy (non-hydrogen) atoms. The Morgan fingerprint density at radius 1 is 1.16 bits per heavy atom. The highest BCUT2D eigenvalue weighted by Gasteiger charge is 2.48. The summed E-state index contributed by atoms with van der Waals surface area (Å²) in [5, 5.41) is 39.4. The average molecular weight is 526 g/mol. The highest BCUT2D eigenvalue weighted by molar-refractivity contribution is 5.94. The van der Waals surface area contributed by atoms with E-state index in [1.807, 2.05) is 0 Å². The number of carbonyl (C=O) groups excluding carboxylic acids is 1. The Morgan fingerprint density at radius 2 is 1.89 bits per heavy atom. The van der Waals surface area contributed by atoms with Crippen molar-refractivity contribution in [1.29, 1.82) is 0 Å². The highest BCUT2D eigenvalue weighted by Crippen LogP contribution is 2.33. The van der Waals surface area contributed by atoms with Gasteiger partial charge in [-0.05, 0) is 30.3 Å². The molecule has 1 fully saturated rings. The van der Waals surface area contributed by atoms with Crippen LogP contribution in [0.3, 0.4) is 0 Å². The van der Waals surface area contributed by atoms with Crippen LogP contribution in [0.5, 0.6) is 5.75 Å². The lowest BCUT2D eigenvalue weighted by Crippen LogP contribution is -2.61. The van der Waals surface area contributed by atoms with Crippen LogP contribution < -0.4 is 4.74 Å². The van der Waals surface area contributed by atoms with Crippen molar-refractivity contribution in [2.75, 3.05) is 13.7 Å². The van der Waals surface area contributed by atoms with E-state index in [0.717, 1.165) is 21.7 Å². The number of alkyl halides is 3. The number of carbonyl (C=O) groups is 1. The lowest BCUT2D eigenvalue weighted by atomic mass is 9.94. The number of aliphatic hydroxyl groups excluding tert-OH is 3. The zero-order valence-corrected chi connectivity index (χ0v) is 19.2. The summed E-state index contributed by atoms with van der Waals surface area (Å²) in [7, 11) is 1.23. The number of ether oxygens (including phenoxy) is 2. The molecule has 1 aromatic heterocycles. The molecule has 3 N–H and O–H groups in total. The molecule has 1 amide bonds. The van der Waals surface area contributed by atoms with E-state index in [4.69, 9.17) is 4.74 Å². The average Bonchev–Trinajstić information content (AvgIpc) is 3.32. The van der Waals surface area contributed by atoms with Gasteiger partial charge in [0.1, 0.15) is 41.6 Å². The summed E-state index contributed by atoms with van der Waals surface area (Å²) in [6.07, 6.45) is -9.45. The molecule has 1 saturated heterocycles. The highest BCUT2D eigenvalue weighted by atomic mass is 19.4. The molecule has 2 aromatic carbocycles. The Balaban J connectivity index is 1.60. The molecule has 2 unspecified atom stereocenters. The number of likely N-dealkylation sites (N-methyl/N-ethyl adjacent to an activating group) is 1. The standard InChI is InChI=1S/C23H22F4N4O6/c1-30(21(35)13-5-3-7-15(9-13)37-23(25,26)27)22-20(34)18(19(33)17(11-32)36-22)31-10-16(28-29-31)12-4-2-6-14(24)8-12/h2-10,17-20,22,32-34H,11H2,1H3/t17?,18-,19-,20?,22+/m0/s1. The number of benzene rings is 2. The Hall–Kier alpha value is -3.59. The van der Waals surface area contributed by atoms with Crippen LogP contribution in [0.1, 0.15) is 16.4 Å². The second-order valence-electron chi connectivity index (χ2n) is 8.31. The molecule has 0 spiro atoms. The van der Waals surface area contributed by atoms with E-state index < -0.39 is 61.0 Å². The van der Waals surface area contributed by atoms with E-state index in [0.29, 0.717) is 5.56 Å². The molecule has 2 heterocycles. The minimum Gasteiger partial charge on any atom is -0.406 e. The van der Waals surface area contributed by atoms with Gasteiger partial charge in [0.2, 0.25) is 0 Å². The molecule has 10 nitrogen and oxygen atoms in total. The van der Waals surface area contributed by atoms with Crippen LogP contribution in [0, 0.1) is 5.82 Å². The minimum atomic E-state index is -4.96. The number of aliphatic hydroxyl groups is 3. The summed E-state index contributed by atoms with van der Waals surface area (Å²) < 4.78 is 61.9. The zero-order valence-electron chi connectivity index (χ0n) is 19.2. The number of nitrogens with zero attached hydrogens (tertiary/aromatic N) is 4. The van der Waals surface area contributed by atoms with Crippen molar-refractivity contribution < 1.29 is 47.1 Å². The summed E-state index contributed by atoms with van der Waals surface area (Å²) in [5.41, 5.74) is 0.414. The zero-order chi connectivity index (χ0) is 26.9. The third kappa shape index (κ3) is 5.72. The van der Waals surface area contributed by atoms with E-state index in [9.17, 15) is 37.7 Å². The second kappa shape index (κ2) is 10.4.